The molecule has 4 nitrogen and oxygen atoms in total. The van der Waals surface area contributed by atoms with Gasteiger partial charge in [-0.3, -0.25) is 4.79 Å². The van der Waals surface area contributed by atoms with Crippen LogP contribution in [0.4, 0.5) is 5.82 Å². The maximum Gasteiger partial charge on any atom is 0.228 e. The second-order valence-electron chi connectivity index (χ2n) is 6.02. The minimum Gasteiger partial charge on any atom is -0.364 e. The largest absolute Gasteiger partial charge is 0.364 e. The van der Waals surface area contributed by atoms with Crippen molar-refractivity contribution in [2.45, 2.75) is 33.7 Å². The first-order valence-electron chi connectivity index (χ1n) is 6.35. The standard InChI is InChI=1S/C14H21N3O/c1-10-5-6-15-12(7-10)16-11-8-17(9-11)13(18)14(2,3)4/h5-7,11H,8-9H2,1-4H3,(H,15,16). The van der Waals surface area contributed by atoms with Gasteiger partial charge in [0, 0.05) is 24.7 Å². The molecule has 1 saturated heterocycles. The van der Waals surface area contributed by atoms with Gasteiger partial charge in [-0.25, -0.2) is 4.98 Å². The fourth-order valence-corrected chi connectivity index (χ4v) is 2.03. The van der Waals surface area contributed by atoms with Crippen molar-refractivity contribution in [1.29, 1.82) is 0 Å². The number of anilines is 1. The molecule has 0 radical (unpaired) electrons. The lowest BCUT2D eigenvalue weighted by atomic mass is 9.92. The molecular weight excluding hydrogens is 226 g/mol. The maximum atomic E-state index is 12.0. The van der Waals surface area contributed by atoms with Gasteiger partial charge in [0.15, 0.2) is 0 Å². The van der Waals surface area contributed by atoms with Crippen LogP contribution in [0.1, 0.15) is 26.3 Å². The molecule has 2 heterocycles. The summed E-state index contributed by atoms with van der Waals surface area (Å²) in [4.78, 5) is 18.1. The van der Waals surface area contributed by atoms with Gasteiger partial charge in [0.1, 0.15) is 5.82 Å². The number of carbonyl (C=O) groups is 1. The van der Waals surface area contributed by atoms with Crippen LogP contribution >= 0.6 is 0 Å². The Kier molecular flexibility index (Phi) is 3.28. The molecule has 1 N–H and O–H groups in total. The molecule has 0 unspecified atom stereocenters. The highest BCUT2D eigenvalue weighted by molar-refractivity contribution is 5.82. The summed E-state index contributed by atoms with van der Waals surface area (Å²) in [6.07, 6.45) is 1.80. The third-order valence-corrected chi connectivity index (χ3v) is 3.08. The van der Waals surface area contributed by atoms with E-state index >= 15 is 0 Å². The molecule has 1 aliphatic heterocycles. The van der Waals surface area contributed by atoms with E-state index in [-0.39, 0.29) is 11.3 Å². The molecule has 0 aliphatic carbocycles. The van der Waals surface area contributed by atoms with Gasteiger partial charge in [0.2, 0.25) is 5.91 Å². The lowest BCUT2D eigenvalue weighted by molar-refractivity contribution is -0.143. The van der Waals surface area contributed by atoms with E-state index in [0.29, 0.717) is 6.04 Å². The van der Waals surface area contributed by atoms with Crippen LogP contribution in [0.25, 0.3) is 0 Å². The molecular formula is C14H21N3O. The van der Waals surface area contributed by atoms with E-state index in [4.69, 9.17) is 0 Å². The number of amides is 1. The summed E-state index contributed by atoms with van der Waals surface area (Å²) in [6.45, 7) is 9.45. The minimum absolute atomic E-state index is 0.220. The molecule has 0 aromatic carbocycles. The number of nitrogens with one attached hydrogen (secondary N) is 1. The van der Waals surface area contributed by atoms with Crippen molar-refractivity contribution in [1.82, 2.24) is 9.88 Å². The highest BCUT2D eigenvalue weighted by Gasteiger charge is 2.36. The van der Waals surface area contributed by atoms with E-state index in [0.717, 1.165) is 18.9 Å². The van der Waals surface area contributed by atoms with E-state index in [2.05, 4.69) is 10.3 Å². The first-order chi connectivity index (χ1) is 8.36. The number of hydrogen-bond donors (Lipinski definition) is 1. The molecule has 4 heteroatoms. The number of likely N-dealkylation sites (tertiary alicyclic amines) is 1. The van der Waals surface area contributed by atoms with Crippen LogP contribution in [-0.4, -0.2) is 34.9 Å². The number of hydrogen-bond acceptors (Lipinski definition) is 3. The Balaban J connectivity index is 1.85. The highest BCUT2D eigenvalue weighted by atomic mass is 16.2. The SMILES string of the molecule is Cc1ccnc(NC2CN(C(=O)C(C)(C)C)C2)c1. The van der Waals surface area contributed by atoms with Crippen molar-refractivity contribution in [2.24, 2.45) is 5.41 Å². The molecule has 1 aliphatic rings. The zero-order chi connectivity index (χ0) is 13.3. The quantitative estimate of drug-likeness (QED) is 0.870. The third kappa shape index (κ3) is 2.81. The van der Waals surface area contributed by atoms with Crippen LogP contribution in [0.15, 0.2) is 18.3 Å². The second kappa shape index (κ2) is 4.59. The summed E-state index contributed by atoms with van der Waals surface area (Å²) in [5.74, 6) is 1.11. The molecule has 0 spiro atoms. The molecule has 2 rings (SSSR count). The molecule has 0 saturated carbocycles. The van der Waals surface area contributed by atoms with Gasteiger partial charge in [0.05, 0.1) is 6.04 Å². The van der Waals surface area contributed by atoms with Gasteiger partial charge in [0.25, 0.3) is 0 Å². The van der Waals surface area contributed by atoms with Crippen LogP contribution in [0.2, 0.25) is 0 Å². The lowest BCUT2D eigenvalue weighted by Crippen LogP contribution is -2.59. The smallest absolute Gasteiger partial charge is 0.228 e. The zero-order valence-corrected chi connectivity index (χ0v) is 11.5. The van der Waals surface area contributed by atoms with E-state index in [9.17, 15) is 4.79 Å². The van der Waals surface area contributed by atoms with Crippen molar-refractivity contribution < 1.29 is 4.79 Å². The fraction of sp³-hybridized carbons (Fsp3) is 0.571. The minimum atomic E-state index is -0.285. The first kappa shape index (κ1) is 12.9. The van der Waals surface area contributed by atoms with Crippen molar-refractivity contribution in [3.63, 3.8) is 0 Å². The van der Waals surface area contributed by atoms with Crippen molar-refractivity contribution >= 4 is 11.7 Å². The Hall–Kier alpha value is -1.58. The van der Waals surface area contributed by atoms with E-state index in [1.165, 1.54) is 5.56 Å². The average molecular weight is 247 g/mol. The van der Waals surface area contributed by atoms with Gasteiger partial charge in [-0.15, -0.1) is 0 Å². The molecule has 1 aromatic rings. The van der Waals surface area contributed by atoms with Crippen LogP contribution in [0.3, 0.4) is 0 Å². The number of carbonyl (C=O) groups excluding carboxylic acids is 1. The maximum absolute atomic E-state index is 12.0. The molecule has 0 bridgehead atoms. The number of pyridine rings is 1. The molecule has 98 valence electrons. The van der Waals surface area contributed by atoms with Crippen LogP contribution in [0.5, 0.6) is 0 Å². The van der Waals surface area contributed by atoms with Crippen LogP contribution in [-0.2, 0) is 4.79 Å². The van der Waals surface area contributed by atoms with Gasteiger partial charge in [-0.05, 0) is 24.6 Å². The Morgan fingerprint density at radius 2 is 2.11 bits per heavy atom. The fourth-order valence-electron chi connectivity index (χ4n) is 2.03. The summed E-state index contributed by atoms with van der Waals surface area (Å²) < 4.78 is 0. The first-order valence-corrected chi connectivity index (χ1v) is 6.35. The van der Waals surface area contributed by atoms with Gasteiger partial charge < -0.3 is 10.2 Å². The molecule has 0 atom stereocenters. The summed E-state index contributed by atoms with van der Waals surface area (Å²) in [5, 5.41) is 3.35. The number of aryl methyl sites for hydroxylation is 1. The van der Waals surface area contributed by atoms with Crippen LogP contribution in [0, 0.1) is 12.3 Å². The number of aromatic nitrogens is 1. The predicted octanol–water partition coefficient (Wildman–Crippen LogP) is 2.06. The Morgan fingerprint density at radius 1 is 1.44 bits per heavy atom. The van der Waals surface area contributed by atoms with Crippen molar-refractivity contribution in [3.8, 4) is 0 Å². The molecule has 18 heavy (non-hydrogen) atoms. The number of rotatable bonds is 2. The van der Waals surface area contributed by atoms with Gasteiger partial charge in [-0.1, -0.05) is 20.8 Å². The van der Waals surface area contributed by atoms with Crippen molar-refractivity contribution in [3.05, 3.63) is 23.9 Å². The Morgan fingerprint density at radius 3 is 2.67 bits per heavy atom. The third-order valence-electron chi connectivity index (χ3n) is 3.08. The number of nitrogens with zero attached hydrogens (tertiary/aromatic N) is 2. The van der Waals surface area contributed by atoms with E-state index in [1.807, 2.05) is 44.7 Å². The van der Waals surface area contributed by atoms with E-state index in [1.54, 1.807) is 6.20 Å². The summed E-state index contributed by atoms with van der Waals surface area (Å²) in [5.41, 5.74) is 0.904. The van der Waals surface area contributed by atoms with E-state index < -0.39 is 0 Å². The summed E-state index contributed by atoms with van der Waals surface area (Å²) >= 11 is 0. The van der Waals surface area contributed by atoms with Gasteiger partial charge in [-0.2, -0.15) is 0 Å². The highest BCUT2D eigenvalue weighted by Crippen LogP contribution is 2.22. The summed E-state index contributed by atoms with van der Waals surface area (Å²) in [6, 6.07) is 4.32. The summed E-state index contributed by atoms with van der Waals surface area (Å²) in [7, 11) is 0. The monoisotopic (exact) mass is 247 g/mol. The average Bonchev–Trinajstić information content (AvgIpc) is 2.20. The normalized spacial score (nSPS) is 16.3. The predicted molar refractivity (Wildman–Crippen MR) is 72.4 cm³/mol. The molecule has 1 aromatic heterocycles. The topological polar surface area (TPSA) is 45.2 Å². The molecule has 1 amide bonds. The zero-order valence-electron chi connectivity index (χ0n) is 11.5. The van der Waals surface area contributed by atoms with Gasteiger partial charge >= 0.3 is 0 Å². The lowest BCUT2D eigenvalue weighted by Gasteiger charge is -2.42. The van der Waals surface area contributed by atoms with Crippen LogP contribution < -0.4 is 5.32 Å². The Bertz CT molecular complexity index is 445. The Labute approximate surface area is 108 Å². The second-order valence-corrected chi connectivity index (χ2v) is 6.02. The molecule has 1 fully saturated rings. The van der Waals surface area contributed by atoms with Crippen molar-refractivity contribution in [2.75, 3.05) is 18.4 Å².